The lowest BCUT2D eigenvalue weighted by molar-refractivity contribution is -0.143. The minimum Gasteiger partial charge on any atom is -0.481 e. The lowest BCUT2D eigenvalue weighted by Crippen LogP contribution is -2.36. The first-order valence-corrected chi connectivity index (χ1v) is 7.54. The van der Waals surface area contributed by atoms with E-state index in [9.17, 15) is 4.79 Å². The van der Waals surface area contributed by atoms with E-state index in [1.165, 1.54) is 44.9 Å². The second kappa shape index (κ2) is 7.13. The fraction of sp³-hybridized carbons (Fsp3) is 0.867. The number of likely N-dealkylation sites (tertiary alicyclic amines) is 1. The van der Waals surface area contributed by atoms with Crippen molar-refractivity contribution in [3.05, 3.63) is 5.92 Å². The highest BCUT2D eigenvalue weighted by atomic mass is 16.4. The van der Waals surface area contributed by atoms with Crippen LogP contribution in [0.5, 0.6) is 0 Å². The van der Waals surface area contributed by atoms with E-state index in [1.807, 2.05) is 0 Å². The van der Waals surface area contributed by atoms with Crippen LogP contribution in [-0.2, 0) is 4.79 Å². The van der Waals surface area contributed by atoms with E-state index in [2.05, 4.69) is 4.90 Å². The predicted octanol–water partition coefficient (Wildman–Crippen LogP) is 3.10. The summed E-state index contributed by atoms with van der Waals surface area (Å²) < 4.78 is 0. The number of piperidine rings is 1. The summed E-state index contributed by atoms with van der Waals surface area (Å²) in [5, 5.41) is 8.95. The maximum Gasteiger partial charge on any atom is 0.306 e. The quantitative estimate of drug-likeness (QED) is 0.817. The van der Waals surface area contributed by atoms with Crippen molar-refractivity contribution in [1.29, 1.82) is 0 Å². The van der Waals surface area contributed by atoms with Crippen LogP contribution < -0.4 is 0 Å². The van der Waals surface area contributed by atoms with E-state index in [1.54, 1.807) is 5.92 Å². The van der Waals surface area contributed by atoms with Crippen molar-refractivity contribution in [2.24, 2.45) is 5.92 Å². The van der Waals surface area contributed by atoms with Crippen molar-refractivity contribution in [2.45, 2.75) is 57.8 Å². The average Bonchev–Trinajstić information content (AvgIpc) is 2.40. The standard InChI is InChI=1S/C15H26NO2/c17-15(18)14-8-11-16(12-9-14)10-4-7-13-5-2-1-3-6-13/h14H,1-12H2,(H,17,18). The van der Waals surface area contributed by atoms with Crippen LogP contribution in [0.3, 0.4) is 0 Å². The third-order valence-corrected chi connectivity index (χ3v) is 4.50. The summed E-state index contributed by atoms with van der Waals surface area (Å²) in [5.41, 5.74) is 0. The second-order valence-corrected chi connectivity index (χ2v) is 5.87. The van der Waals surface area contributed by atoms with Crippen molar-refractivity contribution in [1.82, 2.24) is 4.90 Å². The van der Waals surface area contributed by atoms with E-state index < -0.39 is 5.97 Å². The summed E-state index contributed by atoms with van der Waals surface area (Å²) in [6.45, 7) is 3.12. The SMILES string of the molecule is O=C(O)C1CCN(CCC[C]2CCCCC2)CC1. The molecule has 18 heavy (non-hydrogen) atoms. The molecule has 1 aliphatic carbocycles. The van der Waals surface area contributed by atoms with Gasteiger partial charge in [-0.1, -0.05) is 19.3 Å². The van der Waals surface area contributed by atoms with Gasteiger partial charge in [-0.3, -0.25) is 4.79 Å². The molecule has 1 heterocycles. The summed E-state index contributed by atoms with van der Waals surface area (Å²) in [6, 6.07) is 0. The van der Waals surface area contributed by atoms with Crippen molar-refractivity contribution >= 4 is 5.97 Å². The number of carbonyl (C=O) groups is 1. The first kappa shape index (κ1) is 13.9. The number of aliphatic carboxylic acids is 1. The number of hydrogen-bond acceptors (Lipinski definition) is 2. The fourth-order valence-electron chi connectivity index (χ4n) is 3.26. The van der Waals surface area contributed by atoms with Gasteiger partial charge in [0.15, 0.2) is 0 Å². The van der Waals surface area contributed by atoms with Gasteiger partial charge in [0.25, 0.3) is 0 Å². The molecule has 1 saturated carbocycles. The van der Waals surface area contributed by atoms with E-state index in [4.69, 9.17) is 5.11 Å². The fourth-order valence-corrected chi connectivity index (χ4v) is 3.26. The maximum absolute atomic E-state index is 10.9. The minimum absolute atomic E-state index is 0.0889. The average molecular weight is 252 g/mol. The van der Waals surface area contributed by atoms with E-state index in [0.717, 1.165) is 32.5 Å². The van der Waals surface area contributed by atoms with Crippen molar-refractivity contribution in [2.75, 3.05) is 19.6 Å². The lowest BCUT2D eigenvalue weighted by Gasteiger charge is -2.30. The molecule has 2 aliphatic rings. The molecule has 3 nitrogen and oxygen atoms in total. The Hall–Kier alpha value is -0.570. The molecule has 0 spiro atoms. The smallest absolute Gasteiger partial charge is 0.306 e. The number of carboxylic acids is 1. The molecule has 2 fully saturated rings. The summed E-state index contributed by atoms with van der Waals surface area (Å²) >= 11 is 0. The molecule has 3 heteroatoms. The van der Waals surface area contributed by atoms with Crippen LogP contribution in [0.15, 0.2) is 0 Å². The van der Waals surface area contributed by atoms with E-state index in [0.29, 0.717) is 0 Å². The normalized spacial score (nSPS) is 24.2. The van der Waals surface area contributed by atoms with Crippen molar-refractivity contribution < 1.29 is 9.90 Å². The molecular formula is C15H26NO2. The Bertz CT molecular complexity index is 253. The van der Waals surface area contributed by atoms with Gasteiger partial charge in [0.2, 0.25) is 0 Å². The molecule has 1 radical (unpaired) electrons. The predicted molar refractivity (Wildman–Crippen MR) is 72.4 cm³/mol. The Balaban J connectivity index is 1.56. The zero-order chi connectivity index (χ0) is 12.8. The number of carboxylic acid groups (broad SMARTS) is 1. The molecular weight excluding hydrogens is 226 g/mol. The Kier molecular flexibility index (Phi) is 5.48. The van der Waals surface area contributed by atoms with Gasteiger partial charge in [0, 0.05) is 0 Å². The molecule has 0 unspecified atom stereocenters. The monoisotopic (exact) mass is 252 g/mol. The Labute approximate surface area is 111 Å². The van der Waals surface area contributed by atoms with Gasteiger partial charge in [-0.05, 0) is 64.1 Å². The van der Waals surface area contributed by atoms with Gasteiger partial charge >= 0.3 is 5.97 Å². The number of hydrogen-bond donors (Lipinski definition) is 1. The molecule has 0 aromatic heterocycles. The summed E-state index contributed by atoms with van der Waals surface area (Å²) in [5.74, 6) is 1.09. The molecule has 0 bridgehead atoms. The molecule has 1 aliphatic heterocycles. The van der Waals surface area contributed by atoms with E-state index >= 15 is 0 Å². The Morgan fingerprint density at radius 3 is 2.44 bits per heavy atom. The van der Waals surface area contributed by atoms with Crippen molar-refractivity contribution in [3.63, 3.8) is 0 Å². The van der Waals surface area contributed by atoms with Crippen molar-refractivity contribution in [3.8, 4) is 0 Å². The largest absolute Gasteiger partial charge is 0.481 e. The van der Waals surface area contributed by atoms with Crippen LogP contribution in [-0.4, -0.2) is 35.6 Å². The van der Waals surface area contributed by atoms with Gasteiger partial charge in [-0.2, -0.15) is 0 Å². The highest BCUT2D eigenvalue weighted by Gasteiger charge is 2.24. The third-order valence-electron chi connectivity index (χ3n) is 4.50. The molecule has 0 aromatic carbocycles. The highest BCUT2D eigenvalue weighted by Crippen LogP contribution is 2.29. The molecule has 103 valence electrons. The van der Waals surface area contributed by atoms with Gasteiger partial charge in [0.05, 0.1) is 5.92 Å². The van der Waals surface area contributed by atoms with Crippen LogP contribution in [0.1, 0.15) is 57.8 Å². The molecule has 0 atom stereocenters. The van der Waals surface area contributed by atoms with Crippen LogP contribution in [0.4, 0.5) is 0 Å². The molecule has 0 aromatic rings. The van der Waals surface area contributed by atoms with Crippen LogP contribution in [0, 0.1) is 11.8 Å². The lowest BCUT2D eigenvalue weighted by atomic mass is 9.86. The molecule has 1 N–H and O–H groups in total. The first-order chi connectivity index (χ1) is 8.75. The van der Waals surface area contributed by atoms with Gasteiger partial charge in [-0.25, -0.2) is 0 Å². The van der Waals surface area contributed by atoms with Crippen LogP contribution >= 0.6 is 0 Å². The summed E-state index contributed by atoms with van der Waals surface area (Å²) in [4.78, 5) is 13.3. The van der Waals surface area contributed by atoms with Gasteiger partial charge in [-0.15, -0.1) is 0 Å². The molecule has 1 saturated heterocycles. The number of nitrogens with zero attached hydrogens (tertiary/aromatic N) is 1. The minimum atomic E-state index is -0.604. The zero-order valence-corrected chi connectivity index (χ0v) is 11.4. The summed E-state index contributed by atoms with van der Waals surface area (Å²) in [6.07, 6.45) is 11.2. The zero-order valence-electron chi connectivity index (χ0n) is 11.4. The van der Waals surface area contributed by atoms with E-state index in [-0.39, 0.29) is 5.92 Å². The third kappa shape index (κ3) is 4.27. The summed E-state index contributed by atoms with van der Waals surface area (Å²) in [7, 11) is 0. The van der Waals surface area contributed by atoms with Crippen LogP contribution in [0.25, 0.3) is 0 Å². The first-order valence-electron chi connectivity index (χ1n) is 7.54. The topological polar surface area (TPSA) is 40.5 Å². The Morgan fingerprint density at radius 2 is 1.83 bits per heavy atom. The maximum atomic E-state index is 10.9. The van der Waals surface area contributed by atoms with Gasteiger partial charge < -0.3 is 10.0 Å². The molecule has 0 amide bonds. The highest BCUT2D eigenvalue weighted by molar-refractivity contribution is 5.70. The second-order valence-electron chi connectivity index (χ2n) is 5.87. The van der Waals surface area contributed by atoms with Crippen LogP contribution in [0.2, 0.25) is 0 Å². The van der Waals surface area contributed by atoms with Gasteiger partial charge in [0.1, 0.15) is 0 Å². The Morgan fingerprint density at radius 1 is 1.17 bits per heavy atom. The number of rotatable bonds is 5. The molecule has 2 rings (SSSR count).